The van der Waals surface area contributed by atoms with Crippen LogP contribution in [-0.4, -0.2) is 36.2 Å². The van der Waals surface area contributed by atoms with Crippen molar-refractivity contribution < 1.29 is 5.11 Å². The second kappa shape index (κ2) is 9.04. The smallest absolute Gasteiger partial charge is 0.138 e. The van der Waals surface area contributed by atoms with Crippen molar-refractivity contribution in [1.82, 2.24) is 10.2 Å². The zero-order valence-electron chi connectivity index (χ0n) is 11.5. The molecule has 112 valence electrons. The summed E-state index contributed by atoms with van der Waals surface area (Å²) in [5.74, 6) is 0.144. The first-order chi connectivity index (χ1) is 8.77. The monoisotopic (exact) mass is 317 g/mol. The molecule has 1 aromatic rings. The summed E-state index contributed by atoms with van der Waals surface area (Å²) in [5.41, 5.74) is 1.24. The average Bonchev–Trinajstić information content (AvgIpc) is 2.43. The molecule has 0 radical (unpaired) electrons. The Labute approximate surface area is 132 Å². The van der Waals surface area contributed by atoms with Crippen molar-refractivity contribution in [2.24, 2.45) is 0 Å². The summed E-state index contributed by atoms with van der Waals surface area (Å²) < 4.78 is 0. The van der Waals surface area contributed by atoms with Crippen molar-refractivity contribution in [2.45, 2.75) is 19.4 Å². The van der Waals surface area contributed by atoms with E-state index in [1.807, 2.05) is 18.2 Å². The average molecular weight is 318 g/mol. The van der Waals surface area contributed by atoms with Crippen LogP contribution in [0.15, 0.2) is 18.2 Å². The van der Waals surface area contributed by atoms with E-state index in [0.29, 0.717) is 5.56 Å². The van der Waals surface area contributed by atoms with Crippen molar-refractivity contribution in [1.29, 1.82) is 5.26 Å². The van der Waals surface area contributed by atoms with E-state index in [9.17, 15) is 5.11 Å². The van der Waals surface area contributed by atoms with Gasteiger partial charge < -0.3 is 10.4 Å². The van der Waals surface area contributed by atoms with Crippen molar-refractivity contribution in [3.8, 4) is 11.8 Å². The Hall–Kier alpha value is -0.990. The number of aromatic hydroxyl groups is 1. The topological polar surface area (TPSA) is 59.3 Å². The highest BCUT2D eigenvalue weighted by molar-refractivity contribution is 5.85. The minimum Gasteiger partial charge on any atom is -0.506 e. The van der Waals surface area contributed by atoms with Gasteiger partial charge in [-0.15, -0.1) is 24.8 Å². The highest BCUT2D eigenvalue weighted by Gasteiger charge is 2.23. The van der Waals surface area contributed by atoms with Crippen LogP contribution in [0.1, 0.15) is 30.5 Å². The van der Waals surface area contributed by atoms with Gasteiger partial charge in [0, 0.05) is 37.8 Å². The van der Waals surface area contributed by atoms with E-state index in [4.69, 9.17) is 5.26 Å². The highest BCUT2D eigenvalue weighted by atomic mass is 35.5. The fourth-order valence-electron chi connectivity index (χ4n) is 2.59. The molecule has 1 fully saturated rings. The first kappa shape index (κ1) is 19.0. The lowest BCUT2D eigenvalue weighted by molar-refractivity contribution is 0.167. The molecule has 2 N–H and O–H groups in total. The van der Waals surface area contributed by atoms with Gasteiger partial charge in [-0.2, -0.15) is 5.26 Å². The van der Waals surface area contributed by atoms with Crippen LogP contribution < -0.4 is 5.32 Å². The fraction of sp³-hybridized carbons (Fsp3) is 0.500. The largest absolute Gasteiger partial charge is 0.506 e. The maximum Gasteiger partial charge on any atom is 0.138 e. The molecule has 1 aliphatic rings. The van der Waals surface area contributed by atoms with Gasteiger partial charge in [-0.3, -0.25) is 4.90 Å². The number of phenols is 1. The molecule has 0 unspecified atom stereocenters. The number of rotatable bonds is 3. The van der Waals surface area contributed by atoms with Gasteiger partial charge in [0.2, 0.25) is 0 Å². The van der Waals surface area contributed by atoms with Gasteiger partial charge in [0.05, 0.1) is 5.56 Å². The molecule has 1 atom stereocenters. The number of benzene rings is 1. The molecule has 1 aromatic carbocycles. The Morgan fingerprint density at radius 1 is 1.35 bits per heavy atom. The fourth-order valence-corrected chi connectivity index (χ4v) is 2.59. The number of hydrogen-bond acceptors (Lipinski definition) is 4. The van der Waals surface area contributed by atoms with Gasteiger partial charge in [-0.25, -0.2) is 0 Å². The lowest BCUT2D eigenvalue weighted by Gasteiger charge is -2.35. The van der Waals surface area contributed by atoms with Gasteiger partial charge in [-0.05, 0) is 12.5 Å². The minimum absolute atomic E-state index is 0. The molecule has 0 amide bonds. The third-order valence-electron chi connectivity index (χ3n) is 3.53. The lowest BCUT2D eigenvalue weighted by Crippen LogP contribution is -2.45. The maximum absolute atomic E-state index is 10.2. The number of nitrogens with one attached hydrogen (secondary N) is 1. The van der Waals surface area contributed by atoms with E-state index in [1.165, 1.54) is 0 Å². The third-order valence-corrected chi connectivity index (χ3v) is 3.53. The van der Waals surface area contributed by atoms with Gasteiger partial charge >= 0.3 is 0 Å². The van der Waals surface area contributed by atoms with E-state index in [0.717, 1.165) is 38.2 Å². The molecule has 1 heterocycles. The third kappa shape index (κ3) is 4.00. The van der Waals surface area contributed by atoms with Crippen LogP contribution in [0, 0.1) is 11.3 Å². The van der Waals surface area contributed by atoms with Crippen molar-refractivity contribution >= 4 is 24.8 Å². The number of nitrogens with zero attached hydrogens (tertiary/aromatic N) is 2. The SMILES string of the molecule is CC[C@H](c1cccc(C#N)c1O)N1CCNCC1.Cl.Cl. The van der Waals surface area contributed by atoms with Crippen LogP contribution in [0.2, 0.25) is 0 Å². The molecule has 0 aliphatic carbocycles. The van der Waals surface area contributed by atoms with Crippen LogP contribution in [0.25, 0.3) is 0 Å². The Morgan fingerprint density at radius 3 is 2.55 bits per heavy atom. The Morgan fingerprint density at radius 2 is 2.00 bits per heavy atom. The second-order valence-electron chi connectivity index (χ2n) is 4.57. The van der Waals surface area contributed by atoms with E-state index in [1.54, 1.807) is 6.07 Å². The van der Waals surface area contributed by atoms with Crippen LogP contribution >= 0.6 is 24.8 Å². The molecular formula is C14H21Cl2N3O. The number of para-hydroxylation sites is 1. The highest BCUT2D eigenvalue weighted by Crippen LogP contribution is 2.33. The zero-order valence-corrected chi connectivity index (χ0v) is 13.1. The predicted octanol–water partition coefficient (Wildman–Crippen LogP) is 2.46. The van der Waals surface area contributed by atoms with E-state index in [2.05, 4.69) is 17.1 Å². The molecular weight excluding hydrogens is 297 g/mol. The molecule has 1 saturated heterocycles. The normalized spacial score (nSPS) is 16.4. The van der Waals surface area contributed by atoms with E-state index < -0.39 is 0 Å². The summed E-state index contributed by atoms with van der Waals surface area (Å²) in [6.07, 6.45) is 0.933. The first-order valence-electron chi connectivity index (χ1n) is 6.44. The molecule has 1 aliphatic heterocycles. The van der Waals surface area contributed by atoms with Crippen molar-refractivity contribution in [3.63, 3.8) is 0 Å². The predicted molar refractivity (Wildman–Crippen MR) is 84.8 cm³/mol. The quantitative estimate of drug-likeness (QED) is 0.899. The maximum atomic E-state index is 10.2. The first-order valence-corrected chi connectivity index (χ1v) is 6.44. The summed E-state index contributed by atoms with van der Waals surface area (Å²) >= 11 is 0. The van der Waals surface area contributed by atoms with Crippen LogP contribution in [-0.2, 0) is 0 Å². The molecule has 2 rings (SSSR count). The number of halogens is 2. The van der Waals surface area contributed by atoms with Crippen LogP contribution in [0.3, 0.4) is 0 Å². The molecule has 4 nitrogen and oxygen atoms in total. The molecule has 20 heavy (non-hydrogen) atoms. The molecule has 0 aromatic heterocycles. The molecule has 0 bridgehead atoms. The summed E-state index contributed by atoms with van der Waals surface area (Å²) in [7, 11) is 0. The number of hydrogen-bond donors (Lipinski definition) is 2. The van der Waals surface area contributed by atoms with Crippen molar-refractivity contribution in [2.75, 3.05) is 26.2 Å². The van der Waals surface area contributed by atoms with Gasteiger partial charge in [0.25, 0.3) is 0 Å². The number of piperazine rings is 1. The van der Waals surface area contributed by atoms with Crippen LogP contribution in [0.4, 0.5) is 0 Å². The summed E-state index contributed by atoms with van der Waals surface area (Å²) in [6.45, 7) is 6.04. The Balaban J connectivity index is 0.00000180. The zero-order chi connectivity index (χ0) is 13.0. The Kier molecular flexibility index (Phi) is 8.59. The summed E-state index contributed by atoms with van der Waals surface area (Å²) in [6, 6.07) is 7.66. The van der Waals surface area contributed by atoms with Gasteiger partial charge in [-0.1, -0.05) is 19.1 Å². The van der Waals surface area contributed by atoms with Gasteiger partial charge in [0.1, 0.15) is 11.8 Å². The number of phenolic OH excluding ortho intramolecular Hbond substituents is 1. The van der Waals surface area contributed by atoms with Crippen LogP contribution in [0.5, 0.6) is 5.75 Å². The molecule has 6 heteroatoms. The second-order valence-corrected chi connectivity index (χ2v) is 4.57. The molecule has 0 saturated carbocycles. The number of nitriles is 1. The summed E-state index contributed by atoms with van der Waals surface area (Å²) in [4.78, 5) is 2.37. The van der Waals surface area contributed by atoms with E-state index >= 15 is 0 Å². The standard InChI is InChI=1S/C14H19N3O.2ClH/c1-2-13(17-8-6-16-7-9-17)12-5-3-4-11(10-15)14(12)18;;/h3-5,13,16,18H,2,6-9H2,1H3;2*1H/t13-;;/m1../s1. The van der Waals surface area contributed by atoms with E-state index in [-0.39, 0.29) is 36.6 Å². The Bertz CT molecular complexity index is 456. The molecule has 0 spiro atoms. The lowest BCUT2D eigenvalue weighted by atomic mass is 9.98. The van der Waals surface area contributed by atoms with Crippen molar-refractivity contribution in [3.05, 3.63) is 29.3 Å². The van der Waals surface area contributed by atoms with Gasteiger partial charge in [0.15, 0.2) is 0 Å². The minimum atomic E-state index is 0. The summed E-state index contributed by atoms with van der Waals surface area (Å²) in [5, 5.41) is 22.5.